The second-order valence-electron chi connectivity index (χ2n) is 4.29. The third kappa shape index (κ3) is 3.33. The summed E-state index contributed by atoms with van der Waals surface area (Å²) in [4.78, 5) is 12.0. The molecule has 0 aliphatic carbocycles. The number of carbonyl (C=O) groups is 1. The predicted molar refractivity (Wildman–Crippen MR) is 76.7 cm³/mol. The number of nitrogens with two attached hydrogens (primary N) is 1. The van der Waals surface area contributed by atoms with Gasteiger partial charge in [-0.05, 0) is 30.2 Å². The minimum atomic E-state index is -0.259. The number of amides is 1. The molecule has 0 saturated carbocycles. The maximum Gasteiger partial charge on any atom is 0.253 e. The van der Waals surface area contributed by atoms with Crippen molar-refractivity contribution in [3.8, 4) is 0 Å². The van der Waals surface area contributed by atoms with Gasteiger partial charge >= 0.3 is 0 Å². The van der Waals surface area contributed by atoms with Crippen LogP contribution in [-0.2, 0) is 6.42 Å². The molecule has 0 fully saturated rings. The predicted octanol–water partition coefficient (Wildman–Crippen LogP) is 2.08. The van der Waals surface area contributed by atoms with Crippen LogP contribution in [0.4, 0.5) is 10.1 Å². The van der Waals surface area contributed by atoms with Gasteiger partial charge in [-0.2, -0.15) is 0 Å². The van der Waals surface area contributed by atoms with Gasteiger partial charge in [0.15, 0.2) is 0 Å². The monoisotopic (exact) mass is 273 g/mol. The molecule has 0 aliphatic rings. The SMILES string of the molecule is NNc1ccccc1C(=O)NCCc1ccccc1F. The molecule has 1 amide bonds. The number of halogens is 1. The molecule has 4 N–H and O–H groups in total. The molecule has 20 heavy (non-hydrogen) atoms. The van der Waals surface area contributed by atoms with Crippen LogP contribution in [0.5, 0.6) is 0 Å². The van der Waals surface area contributed by atoms with Gasteiger partial charge in [0.1, 0.15) is 5.82 Å². The standard InChI is InChI=1S/C15H16FN3O/c16-13-7-3-1-5-11(13)9-10-18-15(20)12-6-2-4-8-14(12)19-17/h1-8,19H,9-10,17H2,(H,18,20). The molecule has 2 rings (SSSR count). The molecule has 2 aromatic rings. The molecule has 0 aromatic heterocycles. The van der Waals surface area contributed by atoms with E-state index in [1.165, 1.54) is 6.07 Å². The van der Waals surface area contributed by atoms with Crippen LogP contribution >= 0.6 is 0 Å². The normalized spacial score (nSPS) is 10.1. The van der Waals surface area contributed by atoms with Gasteiger partial charge in [0, 0.05) is 6.54 Å². The highest BCUT2D eigenvalue weighted by Crippen LogP contribution is 2.13. The molecule has 0 saturated heterocycles. The minimum absolute atomic E-state index is 0.241. The molecule has 0 unspecified atom stereocenters. The van der Waals surface area contributed by atoms with Gasteiger partial charge in [0.2, 0.25) is 0 Å². The van der Waals surface area contributed by atoms with E-state index < -0.39 is 0 Å². The molecule has 0 atom stereocenters. The molecule has 0 bridgehead atoms. The molecule has 5 heteroatoms. The maximum atomic E-state index is 13.4. The van der Waals surface area contributed by atoms with Crippen molar-refractivity contribution in [3.63, 3.8) is 0 Å². The fourth-order valence-electron chi connectivity index (χ4n) is 1.91. The largest absolute Gasteiger partial charge is 0.352 e. The van der Waals surface area contributed by atoms with Gasteiger partial charge in [-0.15, -0.1) is 0 Å². The Bertz CT molecular complexity index is 601. The van der Waals surface area contributed by atoms with Crippen molar-refractivity contribution in [2.45, 2.75) is 6.42 Å². The van der Waals surface area contributed by atoms with E-state index in [-0.39, 0.29) is 11.7 Å². The van der Waals surface area contributed by atoms with Gasteiger partial charge in [0.25, 0.3) is 5.91 Å². The summed E-state index contributed by atoms with van der Waals surface area (Å²) in [6.07, 6.45) is 0.441. The Morgan fingerprint density at radius 3 is 2.55 bits per heavy atom. The molecule has 4 nitrogen and oxygen atoms in total. The summed E-state index contributed by atoms with van der Waals surface area (Å²) in [6, 6.07) is 13.5. The van der Waals surface area contributed by atoms with E-state index in [1.54, 1.807) is 42.5 Å². The third-order valence-corrected chi connectivity index (χ3v) is 2.96. The number of carbonyl (C=O) groups excluding carboxylic acids is 1. The van der Waals surface area contributed by atoms with Crippen LogP contribution in [0.2, 0.25) is 0 Å². The van der Waals surface area contributed by atoms with Gasteiger partial charge in [-0.1, -0.05) is 30.3 Å². The van der Waals surface area contributed by atoms with Crippen molar-refractivity contribution in [1.29, 1.82) is 0 Å². The molecule has 0 radical (unpaired) electrons. The quantitative estimate of drug-likeness (QED) is 0.577. The maximum absolute atomic E-state index is 13.4. The zero-order valence-electron chi connectivity index (χ0n) is 10.9. The summed E-state index contributed by atoms with van der Waals surface area (Å²) < 4.78 is 13.4. The summed E-state index contributed by atoms with van der Waals surface area (Å²) >= 11 is 0. The first-order chi connectivity index (χ1) is 9.72. The number of rotatable bonds is 5. The third-order valence-electron chi connectivity index (χ3n) is 2.96. The highest BCUT2D eigenvalue weighted by Gasteiger charge is 2.09. The lowest BCUT2D eigenvalue weighted by Gasteiger charge is -2.09. The minimum Gasteiger partial charge on any atom is -0.352 e. The van der Waals surface area contributed by atoms with Gasteiger partial charge < -0.3 is 10.7 Å². The van der Waals surface area contributed by atoms with Crippen LogP contribution in [0.15, 0.2) is 48.5 Å². The van der Waals surface area contributed by atoms with Crippen LogP contribution in [0.3, 0.4) is 0 Å². The first kappa shape index (κ1) is 14.0. The Hall–Kier alpha value is -2.40. The second kappa shape index (κ2) is 6.68. The highest BCUT2D eigenvalue weighted by molar-refractivity contribution is 5.99. The average Bonchev–Trinajstić information content (AvgIpc) is 2.49. The molecule has 0 aliphatic heterocycles. The van der Waals surface area contributed by atoms with E-state index in [0.717, 1.165) is 0 Å². The van der Waals surface area contributed by atoms with Crippen molar-refractivity contribution in [1.82, 2.24) is 5.32 Å². The zero-order chi connectivity index (χ0) is 14.4. The Labute approximate surface area is 116 Å². The number of benzene rings is 2. The summed E-state index contributed by atoms with van der Waals surface area (Å²) in [6.45, 7) is 0.360. The van der Waals surface area contributed by atoms with Crippen molar-refractivity contribution < 1.29 is 9.18 Å². The number of hydrazine groups is 1. The van der Waals surface area contributed by atoms with Crippen molar-refractivity contribution in [2.75, 3.05) is 12.0 Å². The molecular formula is C15H16FN3O. The van der Waals surface area contributed by atoms with Gasteiger partial charge in [-0.3, -0.25) is 10.6 Å². The van der Waals surface area contributed by atoms with Crippen LogP contribution in [0.25, 0.3) is 0 Å². The lowest BCUT2D eigenvalue weighted by Crippen LogP contribution is -2.27. The lowest BCUT2D eigenvalue weighted by atomic mass is 10.1. The Morgan fingerprint density at radius 2 is 1.80 bits per heavy atom. The van der Waals surface area contributed by atoms with Crippen LogP contribution in [-0.4, -0.2) is 12.5 Å². The van der Waals surface area contributed by atoms with Gasteiger partial charge in [-0.25, -0.2) is 4.39 Å². The number of hydrogen-bond acceptors (Lipinski definition) is 3. The van der Waals surface area contributed by atoms with E-state index in [2.05, 4.69) is 10.7 Å². The Balaban J connectivity index is 1.94. The number of anilines is 1. The van der Waals surface area contributed by atoms with E-state index >= 15 is 0 Å². The van der Waals surface area contributed by atoms with Crippen molar-refractivity contribution in [2.24, 2.45) is 5.84 Å². The summed E-state index contributed by atoms with van der Waals surface area (Å²) in [5.74, 6) is 4.85. The molecule has 2 aromatic carbocycles. The topological polar surface area (TPSA) is 67.1 Å². The van der Waals surface area contributed by atoms with Crippen LogP contribution < -0.4 is 16.6 Å². The molecule has 0 spiro atoms. The van der Waals surface area contributed by atoms with Crippen LogP contribution in [0, 0.1) is 5.82 Å². The second-order valence-corrected chi connectivity index (χ2v) is 4.29. The average molecular weight is 273 g/mol. The van der Waals surface area contributed by atoms with Crippen molar-refractivity contribution >= 4 is 11.6 Å². The first-order valence-electron chi connectivity index (χ1n) is 6.29. The van der Waals surface area contributed by atoms with Crippen molar-refractivity contribution in [3.05, 3.63) is 65.5 Å². The summed E-state index contributed by atoms with van der Waals surface area (Å²) in [5, 5.41) is 2.75. The van der Waals surface area contributed by atoms with Crippen LogP contribution in [0.1, 0.15) is 15.9 Å². The smallest absolute Gasteiger partial charge is 0.253 e. The number of nitrogens with one attached hydrogen (secondary N) is 2. The molecular weight excluding hydrogens is 257 g/mol. The summed E-state index contributed by atoms with van der Waals surface area (Å²) in [7, 11) is 0. The fraction of sp³-hybridized carbons (Fsp3) is 0.133. The van der Waals surface area contributed by atoms with E-state index in [9.17, 15) is 9.18 Å². The number of nitrogen functional groups attached to an aromatic ring is 1. The van der Waals surface area contributed by atoms with E-state index in [0.29, 0.717) is 29.8 Å². The Kier molecular flexibility index (Phi) is 4.68. The fourth-order valence-corrected chi connectivity index (χ4v) is 1.91. The van der Waals surface area contributed by atoms with E-state index in [1.807, 2.05) is 0 Å². The number of hydrogen-bond donors (Lipinski definition) is 3. The lowest BCUT2D eigenvalue weighted by molar-refractivity contribution is 0.0955. The highest BCUT2D eigenvalue weighted by atomic mass is 19.1. The first-order valence-corrected chi connectivity index (χ1v) is 6.29. The van der Waals surface area contributed by atoms with E-state index in [4.69, 9.17) is 5.84 Å². The zero-order valence-corrected chi connectivity index (χ0v) is 10.9. The molecule has 0 heterocycles. The summed E-state index contributed by atoms with van der Waals surface area (Å²) in [5.41, 5.74) is 4.07. The van der Waals surface area contributed by atoms with Gasteiger partial charge in [0.05, 0.1) is 11.3 Å². The molecule has 104 valence electrons. The Morgan fingerprint density at radius 1 is 1.10 bits per heavy atom. The number of para-hydroxylation sites is 1.